The molecule has 9 heteroatoms. The molecule has 0 radical (unpaired) electrons. The molecule has 4 aromatic rings. The minimum absolute atomic E-state index is 0.333. The second kappa shape index (κ2) is 8.42. The van der Waals surface area contributed by atoms with Crippen LogP contribution < -0.4 is 15.4 Å². The molecule has 2 N–H and O–H groups in total. The van der Waals surface area contributed by atoms with E-state index in [4.69, 9.17) is 4.74 Å². The number of rotatable bonds is 5. The average molecular weight is 468 g/mol. The third-order valence-corrected chi connectivity index (χ3v) is 4.86. The number of halogens is 1. The van der Waals surface area contributed by atoms with E-state index in [2.05, 4.69) is 41.3 Å². The number of fused-ring (bicyclic) bond motifs is 1. The van der Waals surface area contributed by atoms with Crippen LogP contribution in [0.15, 0.2) is 65.3 Å². The molecular weight excluding hydrogens is 450 g/mol. The van der Waals surface area contributed by atoms with Gasteiger partial charge in [0.25, 0.3) is 0 Å². The number of ether oxygens (including phenoxy) is 2. The fraction of sp³-hybridized carbons (Fsp3) is 0.0952. The number of nitrogens with one attached hydrogen (secondary N) is 2. The molecule has 4 rings (SSSR count). The topological polar surface area (TPSA) is 90.3 Å². The van der Waals surface area contributed by atoms with Crippen LogP contribution in [0.4, 0.5) is 22.2 Å². The van der Waals surface area contributed by atoms with E-state index in [9.17, 15) is 4.79 Å². The van der Waals surface area contributed by atoms with Gasteiger partial charge in [-0.1, -0.05) is 15.9 Å². The van der Waals surface area contributed by atoms with Gasteiger partial charge in [0.05, 0.1) is 18.1 Å². The highest BCUT2D eigenvalue weighted by Crippen LogP contribution is 2.29. The maximum Gasteiger partial charge on any atom is 0.412 e. The summed E-state index contributed by atoms with van der Waals surface area (Å²) in [6.45, 7) is 0. The Kier molecular flexibility index (Phi) is 5.53. The Morgan fingerprint density at radius 3 is 2.60 bits per heavy atom. The average Bonchev–Trinajstić information content (AvgIpc) is 3.04. The van der Waals surface area contributed by atoms with Crippen molar-refractivity contribution in [1.82, 2.24) is 14.5 Å². The van der Waals surface area contributed by atoms with Crippen LogP contribution in [0.2, 0.25) is 0 Å². The van der Waals surface area contributed by atoms with Gasteiger partial charge in [0.2, 0.25) is 5.95 Å². The molecule has 0 atom stereocenters. The summed E-state index contributed by atoms with van der Waals surface area (Å²) in [7, 11) is 3.24. The lowest BCUT2D eigenvalue weighted by atomic mass is 10.3. The number of methoxy groups -OCH3 is 1. The SMILES string of the molecule is COC(=O)Nc1cc(Oc2ccc3c(c2)nc(Nc2ccc(Br)cc2)n3C)ccn1. The quantitative estimate of drug-likeness (QED) is 0.405. The second-order valence-electron chi connectivity index (χ2n) is 6.37. The fourth-order valence-corrected chi connectivity index (χ4v) is 3.12. The van der Waals surface area contributed by atoms with Crippen LogP contribution in [0.3, 0.4) is 0 Å². The molecule has 0 aliphatic rings. The van der Waals surface area contributed by atoms with Crippen molar-refractivity contribution in [2.75, 3.05) is 17.7 Å². The molecule has 0 bridgehead atoms. The molecule has 8 nitrogen and oxygen atoms in total. The van der Waals surface area contributed by atoms with E-state index in [0.717, 1.165) is 27.1 Å². The summed E-state index contributed by atoms with van der Waals surface area (Å²) in [5, 5.41) is 5.82. The minimum atomic E-state index is -0.597. The number of hydrogen-bond acceptors (Lipinski definition) is 6. The Hall–Kier alpha value is -3.59. The van der Waals surface area contributed by atoms with E-state index in [1.54, 1.807) is 18.3 Å². The number of amides is 1. The number of aryl methyl sites for hydroxylation is 1. The van der Waals surface area contributed by atoms with Gasteiger partial charge in [0, 0.05) is 35.5 Å². The molecule has 2 aromatic carbocycles. The third kappa shape index (κ3) is 4.36. The predicted molar refractivity (Wildman–Crippen MR) is 118 cm³/mol. The molecule has 152 valence electrons. The van der Waals surface area contributed by atoms with Gasteiger partial charge >= 0.3 is 6.09 Å². The number of pyridine rings is 1. The number of aromatic nitrogens is 3. The number of nitrogens with zero attached hydrogens (tertiary/aromatic N) is 3. The van der Waals surface area contributed by atoms with Gasteiger partial charge in [0.1, 0.15) is 17.3 Å². The molecule has 2 heterocycles. The Labute approximate surface area is 181 Å². The number of carbonyl (C=O) groups excluding carboxylic acids is 1. The van der Waals surface area contributed by atoms with E-state index in [1.807, 2.05) is 54.1 Å². The number of carbonyl (C=O) groups is 1. The Bertz CT molecular complexity index is 1210. The summed E-state index contributed by atoms with van der Waals surface area (Å²) < 4.78 is 13.5. The van der Waals surface area contributed by atoms with Crippen LogP contribution >= 0.6 is 15.9 Å². The van der Waals surface area contributed by atoms with Crippen molar-refractivity contribution in [3.63, 3.8) is 0 Å². The van der Waals surface area contributed by atoms with Crippen molar-refractivity contribution in [3.8, 4) is 11.5 Å². The molecular formula is C21H18BrN5O3. The van der Waals surface area contributed by atoms with Crippen LogP contribution in [0.5, 0.6) is 11.5 Å². The Balaban J connectivity index is 1.56. The molecule has 0 fully saturated rings. The van der Waals surface area contributed by atoms with Crippen LogP contribution in [0, 0.1) is 0 Å². The van der Waals surface area contributed by atoms with Crippen LogP contribution in [-0.4, -0.2) is 27.7 Å². The maximum absolute atomic E-state index is 11.3. The molecule has 0 saturated carbocycles. The molecule has 0 unspecified atom stereocenters. The van der Waals surface area contributed by atoms with Crippen LogP contribution in [0.25, 0.3) is 11.0 Å². The third-order valence-electron chi connectivity index (χ3n) is 4.34. The van der Waals surface area contributed by atoms with E-state index in [0.29, 0.717) is 17.3 Å². The second-order valence-corrected chi connectivity index (χ2v) is 7.29. The van der Waals surface area contributed by atoms with Crippen LogP contribution in [0.1, 0.15) is 0 Å². The normalized spacial score (nSPS) is 10.6. The monoisotopic (exact) mass is 467 g/mol. The highest BCUT2D eigenvalue weighted by atomic mass is 79.9. The van der Waals surface area contributed by atoms with E-state index in [1.165, 1.54) is 7.11 Å². The molecule has 0 saturated heterocycles. The highest BCUT2D eigenvalue weighted by molar-refractivity contribution is 9.10. The van der Waals surface area contributed by atoms with Crippen LogP contribution in [-0.2, 0) is 11.8 Å². The molecule has 1 amide bonds. The molecule has 0 aliphatic carbocycles. The molecule has 0 spiro atoms. The number of imidazole rings is 1. The van der Waals surface area contributed by atoms with Gasteiger partial charge < -0.3 is 19.4 Å². The standard InChI is InChI=1S/C21H18BrN5O3/c1-27-18-8-7-15(30-16-9-10-23-19(12-16)26-21(28)29-2)11-17(18)25-20(27)24-14-5-3-13(22)4-6-14/h3-12H,1-2H3,(H,24,25)(H,23,26,28). The minimum Gasteiger partial charge on any atom is -0.457 e. The zero-order valence-corrected chi connectivity index (χ0v) is 17.8. The van der Waals surface area contributed by atoms with E-state index >= 15 is 0 Å². The smallest absolute Gasteiger partial charge is 0.412 e. The lowest BCUT2D eigenvalue weighted by Gasteiger charge is -2.08. The first-order valence-electron chi connectivity index (χ1n) is 9.00. The van der Waals surface area contributed by atoms with Gasteiger partial charge in [-0.15, -0.1) is 0 Å². The first kappa shape index (κ1) is 19.7. The first-order valence-corrected chi connectivity index (χ1v) is 9.79. The van der Waals surface area contributed by atoms with E-state index < -0.39 is 6.09 Å². The largest absolute Gasteiger partial charge is 0.457 e. The maximum atomic E-state index is 11.3. The molecule has 30 heavy (non-hydrogen) atoms. The summed E-state index contributed by atoms with van der Waals surface area (Å²) in [4.78, 5) is 20.1. The highest BCUT2D eigenvalue weighted by Gasteiger charge is 2.10. The summed E-state index contributed by atoms with van der Waals surface area (Å²) in [6.07, 6.45) is 0.945. The van der Waals surface area contributed by atoms with Crippen molar-refractivity contribution >= 4 is 50.5 Å². The number of anilines is 3. The molecule has 0 aliphatic heterocycles. The zero-order valence-electron chi connectivity index (χ0n) is 16.2. The fourth-order valence-electron chi connectivity index (χ4n) is 2.85. The lowest BCUT2D eigenvalue weighted by molar-refractivity contribution is 0.187. The summed E-state index contributed by atoms with van der Waals surface area (Å²) in [6, 6.07) is 16.9. The lowest BCUT2D eigenvalue weighted by Crippen LogP contribution is -2.11. The Morgan fingerprint density at radius 2 is 1.83 bits per heavy atom. The van der Waals surface area contributed by atoms with Crippen molar-refractivity contribution < 1.29 is 14.3 Å². The summed E-state index contributed by atoms with van der Waals surface area (Å²) in [5.41, 5.74) is 2.69. The summed E-state index contributed by atoms with van der Waals surface area (Å²) >= 11 is 3.44. The van der Waals surface area contributed by atoms with Gasteiger partial charge in [0.15, 0.2) is 0 Å². The zero-order chi connectivity index (χ0) is 21.1. The first-order chi connectivity index (χ1) is 14.5. The number of hydrogen-bond donors (Lipinski definition) is 2. The van der Waals surface area contributed by atoms with Crippen molar-refractivity contribution in [2.45, 2.75) is 0 Å². The molecule has 2 aromatic heterocycles. The van der Waals surface area contributed by atoms with Crippen molar-refractivity contribution in [3.05, 3.63) is 65.3 Å². The summed E-state index contributed by atoms with van der Waals surface area (Å²) in [5.74, 6) is 2.20. The van der Waals surface area contributed by atoms with Crippen molar-refractivity contribution in [2.24, 2.45) is 7.05 Å². The van der Waals surface area contributed by atoms with E-state index in [-0.39, 0.29) is 0 Å². The number of benzene rings is 2. The van der Waals surface area contributed by atoms with Gasteiger partial charge in [-0.05, 0) is 42.5 Å². The van der Waals surface area contributed by atoms with Gasteiger partial charge in [-0.3, -0.25) is 5.32 Å². The van der Waals surface area contributed by atoms with Gasteiger partial charge in [-0.2, -0.15) is 0 Å². The Morgan fingerprint density at radius 1 is 1.07 bits per heavy atom. The predicted octanol–water partition coefficient (Wildman–Crippen LogP) is 5.45. The van der Waals surface area contributed by atoms with Crippen molar-refractivity contribution in [1.29, 1.82) is 0 Å². The van der Waals surface area contributed by atoms with Gasteiger partial charge in [-0.25, -0.2) is 14.8 Å².